The lowest BCUT2D eigenvalue weighted by molar-refractivity contribution is 0.897. The molecule has 0 saturated carbocycles. The van der Waals surface area contributed by atoms with Crippen LogP contribution < -0.4 is 5.32 Å². The van der Waals surface area contributed by atoms with Crippen molar-refractivity contribution in [2.24, 2.45) is 0 Å². The number of anilines is 1. The minimum atomic E-state index is 0.415. The highest BCUT2D eigenvalue weighted by atomic mass is 79.9. The van der Waals surface area contributed by atoms with Crippen LogP contribution in [0, 0.1) is 6.92 Å². The van der Waals surface area contributed by atoms with Crippen molar-refractivity contribution in [3.05, 3.63) is 33.6 Å². The molecule has 1 aromatic heterocycles. The zero-order valence-electron chi connectivity index (χ0n) is 10.1. The number of nitrogens with one attached hydrogen (secondary N) is 1. The van der Waals surface area contributed by atoms with E-state index in [1.807, 2.05) is 12.1 Å². The third kappa shape index (κ3) is 3.07. The van der Waals surface area contributed by atoms with Gasteiger partial charge in [0.1, 0.15) is 0 Å². The Morgan fingerprint density at radius 3 is 2.47 bits per heavy atom. The largest absolute Gasteiger partial charge is 0.359 e. The SMILES string of the molecule is Cc1sc(NC(C)C)nc1-c1ccc(Br)cc1. The molecule has 0 aliphatic heterocycles. The van der Waals surface area contributed by atoms with Crippen LogP contribution in [0.5, 0.6) is 0 Å². The molecule has 1 aromatic carbocycles. The van der Waals surface area contributed by atoms with Gasteiger partial charge in [-0.1, -0.05) is 28.1 Å². The molecule has 17 heavy (non-hydrogen) atoms. The highest BCUT2D eigenvalue weighted by Gasteiger charge is 2.10. The summed E-state index contributed by atoms with van der Waals surface area (Å²) in [7, 11) is 0. The molecule has 0 saturated heterocycles. The first-order valence-corrected chi connectivity index (χ1v) is 7.17. The Hall–Kier alpha value is -0.870. The monoisotopic (exact) mass is 310 g/mol. The van der Waals surface area contributed by atoms with E-state index in [4.69, 9.17) is 0 Å². The van der Waals surface area contributed by atoms with Crippen molar-refractivity contribution in [3.8, 4) is 11.3 Å². The van der Waals surface area contributed by atoms with Gasteiger partial charge in [-0.25, -0.2) is 4.98 Å². The number of hydrogen-bond acceptors (Lipinski definition) is 3. The van der Waals surface area contributed by atoms with Crippen molar-refractivity contribution in [1.82, 2.24) is 4.98 Å². The molecular weight excluding hydrogens is 296 g/mol. The van der Waals surface area contributed by atoms with Gasteiger partial charge < -0.3 is 5.32 Å². The number of benzene rings is 1. The second-order valence-electron chi connectivity index (χ2n) is 4.23. The highest BCUT2D eigenvalue weighted by Crippen LogP contribution is 2.31. The Balaban J connectivity index is 2.32. The standard InChI is InChI=1S/C13H15BrN2S/c1-8(2)15-13-16-12(9(3)17-13)10-4-6-11(14)7-5-10/h4-8H,1-3H3,(H,15,16). The second kappa shape index (κ2) is 5.19. The van der Waals surface area contributed by atoms with E-state index in [1.165, 1.54) is 10.4 Å². The van der Waals surface area contributed by atoms with Crippen molar-refractivity contribution in [2.75, 3.05) is 5.32 Å². The van der Waals surface area contributed by atoms with Gasteiger partial charge in [-0.05, 0) is 32.9 Å². The van der Waals surface area contributed by atoms with Crippen molar-refractivity contribution in [1.29, 1.82) is 0 Å². The first-order chi connectivity index (χ1) is 8.06. The van der Waals surface area contributed by atoms with E-state index in [0.717, 1.165) is 15.3 Å². The molecule has 0 spiro atoms. The number of rotatable bonds is 3. The van der Waals surface area contributed by atoms with Crippen molar-refractivity contribution >= 4 is 32.4 Å². The summed E-state index contributed by atoms with van der Waals surface area (Å²) in [4.78, 5) is 5.89. The summed E-state index contributed by atoms with van der Waals surface area (Å²) in [5.41, 5.74) is 2.24. The molecule has 2 rings (SSSR count). The lowest BCUT2D eigenvalue weighted by Crippen LogP contribution is -2.08. The van der Waals surface area contributed by atoms with Crippen LogP contribution >= 0.6 is 27.3 Å². The Morgan fingerprint density at radius 2 is 1.88 bits per heavy atom. The Morgan fingerprint density at radius 1 is 1.24 bits per heavy atom. The lowest BCUT2D eigenvalue weighted by atomic mass is 10.1. The molecule has 4 heteroatoms. The quantitative estimate of drug-likeness (QED) is 0.888. The van der Waals surface area contributed by atoms with Crippen LogP contribution in [-0.4, -0.2) is 11.0 Å². The number of hydrogen-bond donors (Lipinski definition) is 1. The fourth-order valence-corrected chi connectivity index (χ4v) is 2.83. The number of halogens is 1. The molecular formula is C13H15BrN2S. The van der Waals surface area contributed by atoms with Crippen molar-refractivity contribution < 1.29 is 0 Å². The predicted molar refractivity (Wildman–Crippen MR) is 78.7 cm³/mol. The van der Waals surface area contributed by atoms with E-state index in [2.05, 4.69) is 59.1 Å². The number of nitrogens with zero attached hydrogens (tertiary/aromatic N) is 1. The summed E-state index contributed by atoms with van der Waals surface area (Å²) in [5, 5.41) is 4.34. The molecule has 0 amide bonds. The molecule has 2 aromatic rings. The maximum absolute atomic E-state index is 4.64. The smallest absolute Gasteiger partial charge is 0.183 e. The maximum Gasteiger partial charge on any atom is 0.183 e. The fourth-order valence-electron chi connectivity index (χ4n) is 1.58. The van der Waals surface area contributed by atoms with Crippen LogP contribution in [0.1, 0.15) is 18.7 Å². The molecule has 0 aliphatic carbocycles. The van der Waals surface area contributed by atoms with Crippen LogP contribution in [0.3, 0.4) is 0 Å². The van der Waals surface area contributed by atoms with E-state index in [-0.39, 0.29) is 0 Å². The Kier molecular flexibility index (Phi) is 3.84. The predicted octanol–water partition coefficient (Wildman–Crippen LogP) is 4.70. The minimum Gasteiger partial charge on any atom is -0.359 e. The van der Waals surface area contributed by atoms with E-state index in [0.29, 0.717) is 6.04 Å². The molecule has 0 aliphatic rings. The average molecular weight is 311 g/mol. The summed E-state index contributed by atoms with van der Waals surface area (Å²) < 4.78 is 1.09. The normalized spacial score (nSPS) is 10.9. The molecule has 0 radical (unpaired) electrons. The van der Waals surface area contributed by atoms with Gasteiger partial charge in [0, 0.05) is 21.0 Å². The zero-order valence-corrected chi connectivity index (χ0v) is 12.5. The van der Waals surface area contributed by atoms with Gasteiger partial charge in [-0.15, -0.1) is 11.3 Å². The summed E-state index contributed by atoms with van der Waals surface area (Å²) in [5.74, 6) is 0. The van der Waals surface area contributed by atoms with Crippen molar-refractivity contribution in [2.45, 2.75) is 26.8 Å². The van der Waals surface area contributed by atoms with Gasteiger partial charge in [-0.2, -0.15) is 0 Å². The Bertz CT molecular complexity index is 503. The third-order valence-electron chi connectivity index (χ3n) is 2.33. The number of aromatic nitrogens is 1. The van der Waals surface area contributed by atoms with Crippen LogP contribution in [0.25, 0.3) is 11.3 Å². The van der Waals surface area contributed by atoms with E-state index < -0.39 is 0 Å². The van der Waals surface area contributed by atoms with Gasteiger partial charge in [0.2, 0.25) is 0 Å². The minimum absolute atomic E-state index is 0.415. The van der Waals surface area contributed by atoms with Gasteiger partial charge in [0.25, 0.3) is 0 Å². The van der Waals surface area contributed by atoms with Gasteiger partial charge in [0.15, 0.2) is 5.13 Å². The fraction of sp³-hybridized carbons (Fsp3) is 0.308. The molecule has 1 heterocycles. The van der Waals surface area contributed by atoms with Gasteiger partial charge in [-0.3, -0.25) is 0 Å². The number of aryl methyl sites for hydroxylation is 1. The highest BCUT2D eigenvalue weighted by molar-refractivity contribution is 9.10. The molecule has 1 N–H and O–H groups in total. The Labute approximate surface area is 114 Å². The molecule has 0 atom stereocenters. The average Bonchev–Trinajstić information content (AvgIpc) is 2.59. The van der Waals surface area contributed by atoms with E-state index >= 15 is 0 Å². The van der Waals surface area contributed by atoms with Crippen molar-refractivity contribution in [3.63, 3.8) is 0 Å². The van der Waals surface area contributed by atoms with Gasteiger partial charge >= 0.3 is 0 Å². The van der Waals surface area contributed by atoms with Gasteiger partial charge in [0.05, 0.1) is 5.69 Å². The third-order valence-corrected chi connectivity index (χ3v) is 3.76. The van der Waals surface area contributed by atoms with E-state index in [9.17, 15) is 0 Å². The lowest BCUT2D eigenvalue weighted by Gasteiger charge is -2.04. The molecule has 0 fully saturated rings. The summed E-state index contributed by atoms with van der Waals surface area (Å²) >= 11 is 5.15. The molecule has 2 nitrogen and oxygen atoms in total. The number of thiazole rings is 1. The van der Waals surface area contributed by atoms with Crippen LogP contribution in [-0.2, 0) is 0 Å². The molecule has 0 bridgehead atoms. The molecule has 90 valence electrons. The topological polar surface area (TPSA) is 24.9 Å². The van der Waals surface area contributed by atoms with E-state index in [1.54, 1.807) is 11.3 Å². The second-order valence-corrected chi connectivity index (χ2v) is 6.35. The van der Waals surface area contributed by atoms with Crippen LogP contribution in [0.2, 0.25) is 0 Å². The first-order valence-electron chi connectivity index (χ1n) is 5.56. The summed E-state index contributed by atoms with van der Waals surface area (Å²) in [6.07, 6.45) is 0. The zero-order chi connectivity index (χ0) is 12.4. The first kappa shape index (κ1) is 12.6. The van der Waals surface area contributed by atoms with Crippen LogP contribution in [0.4, 0.5) is 5.13 Å². The molecule has 0 unspecified atom stereocenters. The summed E-state index contributed by atoms with van der Waals surface area (Å²) in [6.45, 7) is 6.35. The summed E-state index contributed by atoms with van der Waals surface area (Å²) in [6, 6.07) is 8.68. The maximum atomic E-state index is 4.64. The van der Waals surface area contributed by atoms with Crippen LogP contribution in [0.15, 0.2) is 28.7 Å².